The van der Waals surface area contributed by atoms with E-state index in [4.69, 9.17) is 0 Å². The third-order valence-corrected chi connectivity index (χ3v) is 3.14. The summed E-state index contributed by atoms with van der Waals surface area (Å²) in [5.41, 5.74) is 5.01. The van der Waals surface area contributed by atoms with Crippen molar-refractivity contribution in [3.05, 3.63) is 42.0 Å². The van der Waals surface area contributed by atoms with Gasteiger partial charge in [0.05, 0.1) is 0 Å². The van der Waals surface area contributed by atoms with Gasteiger partial charge in [0, 0.05) is 0 Å². The number of benzene rings is 2. The molecule has 0 heterocycles. The van der Waals surface area contributed by atoms with Crippen molar-refractivity contribution < 1.29 is 8.63 Å². The normalized spacial score (nSPS) is 11.4. The van der Waals surface area contributed by atoms with Crippen molar-refractivity contribution in [1.29, 1.82) is 0 Å². The maximum atomic E-state index is 12.9. The van der Waals surface area contributed by atoms with Gasteiger partial charge >= 0.3 is 7.27 Å². The lowest BCUT2D eigenvalue weighted by Crippen LogP contribution is -2.26. The van der Waals surface area contributed by atoms with Crippen LogP contribution in [0.5, 0.6) is 0 Å². The number of hydrogen-bond acceptors (Lipinski definition) is 0. The van der Waals surface area contributed by atoms with Crippen molar-refractivity contribution in [1.82, 2.24) is 0 Å². The first-order valence-corrected chi connectivity index (χ1v) is 5.21. The van der Waals surface area contributed by atoms with Gasteiger partial charge in [-0.15, -0.1) is 0 Å². The number of hydrogen-bond donors (Lipinski definition) is 0. The quantitative estimate of drug-likeness (QED) is 0.545. The summed E-state index contributed by atoms with van der Waals surface area (Å²) in [5.74, 6) is 0. The van der Waals surface area contributed by atoms with Gasteiger partial charge in [0.25, 0.3) is 0 Å². The van der Waals surface area contributed by atoms with Crippen LogP contribution in [0, 0.1) is 6.92 Å². The SMILES string of the molecule is Cc1cccc2c1-c1c(B(F)F)cccc1-2. The van der Waals surface area contributed by atoms with Gasteiger partial charge in [0.15, 0.2) is 0 Å². The minimum Gasteiger partial charge on any atom is -0.281 e. The Kier molecular flexibility index (Phi) is 1.90. The minimum atomic E-state index is -2.40. The Morgan fingerprint density at radius 2 is 1.50 bits per heavy atom. The molecule has 0 unspecified atom stereocenters. The average Bonchev–Trinajstić information content (AvgIpc) is 2.24. The Morgan fingerprint density at radius 3 is 2.19 bits per heavy atom. The summed E-state index contributed by atoms with van der Waals surface area (Å²) in [6, 6.07) is 11.0. The van der Waals surface area contributed by atoms with Crippen LogP contribution in [0.2, 0.25) is 0 Å². The zero-order valence-corrected chi connectivity index (χ0v) is 8.80. The van der Waals surface area contributed by atoms with E-state index in [2.05, 4.69) is 0 Å². The molecule has 2 aromatic carbocycles. The van der Waals surface area contributed by atoms with E-state index >= 15 is 0 Å². The molecule has 0 spiro atoms. The van der Waals surface area contributed by atoms with Gasteiger partial charge < -0.3 is 0 Å². The molecule has 0 saturated heterocycles. The highest BCUT2D eigenvalue weighted by molar-refractivity contribution is 6.62. The molecule has 0 fully saturated rings. The fraction of sp³-hybridized carbons (Fsp3) is 0.0769. The third kappa shape index (κ3) is 1.09. The summed E-state index contributed by atoms with van der Waals surface area (Å²) in [7, 11) is -2.40. The van der Waals surface area contributed by atoms with E-state index in [-0.39, 0.29) is 5.46 Å². The molecule has 0 bridgehead atoms. The Morgan fingerprint density at radius 1 is 0.875 bits per heavy atom. The predicted molar refractivity (Wildman–Crippen MR) is 63.2 cm³/mol. The van der Waals surface area contributed by atoms with Crippen LogP contribution in [0.4, 0.5) is 8.63 Å². The topological polar surface area (TPSA) is 0 Å². The first-order chi connectivity index (χ1) is 7.70. The second kappa shape index (κ2) is 3.18. The standard InChI is InChI=1S/C13H9BF2/c1-8-4-2-5-9-10-6-3-7-11(14(15)16)13(10)12(8)9/h2-7H,1H3. The van der Waals surface area contributed by atoms with Crippen molar-refractivity contribution in [2.24, 2.45) is 0 Å². The van der Waals surface area contributed by atoms with Crippen LogP contribution in [-0.4, -0.2) is 7.27 Å². The van der Waals surface area contributed by atoms with Crippen LogP contribution in [0.3, 0.4) is 0 Å². The molecule has 0 atom stereocenters. The molecule has 0 saturated carbocycles. The zero-order valence-electron chi connectivity index (χ0n) is 8.80. The summed E-state index contributed by atoms with van der Waals surface area (Å²) in [4.78, 5) is 0. The molecule has 0 aliphatic heterocycles. The molecule has 3 heteroatoms. The van der Waals surface area contributed by atoms with Crippen molar-refractivity contribution in [3.8, 4) is 22.3 Å². The monoisotopic (exact) mass is 214 g/mol. The molecule has 0 N–H and O–H groups in total. The van der Waals surface area contributed by atoms with Gasteiger partial charge in [-0.05, 0) is 40.2 Å². The maximum Gasteiger partial charge on any atom is 0.572 e. The highest BCUT2D eigenvalue weighted by Crippen LogP contribution is 2.47. The van der Waals surface area contributed by atoms with Crippen LogP contribution in [0.1, 0.15) is 5.56 Å². The molecule has 16 heavy (non-hydrogen) atoms. The predicted octanol–water partition coefficient (Wildman–Crippen LogP) is 3.28. The van der Waals surface area contributed by atoms with Crippen molar-refractivity contribution >= 4 is 12.7 Å². The highest BCUT2D eigenvalue weighted by Gasteiger charge is 2.31. The summed E-state index contributed by atoms with van der Waals surface area (Å²) in [6.07, 6.45) is 0. The Hall–Kier alpha value is -1.64. The van der Waals surface area contributed by atoms with Crippen LogP contribution in [-0.2, 0) is 0 Å². The molecule has 1 aliphatic carbocycles. The first-order valence-electron chi connectivity index (χ1n) is 5.21. The molecular formula is C13H9BF2. The third-order valence-electron chi connectivity index (χ3n) is 3.14. The van der Waals surface area contributed by atoms with E-state index in [1.54, 1.807) is 6.07 Å². The van der Waals surface area contributed by atoms with Gasteiger partial charge in [-0.2, -0.15) is 0 Å². The molecular weight excluding hydrogens is 205 g/mol. The Labute approximate surface area is 93.1 Å². The van der Waals surface area contributed by atoms with E-state index < -0.39 is 7.27 Å². The van der Waals surface area contributed by atoms with Crippen LogP contribution >= 0.6 is 0 Å². The Bertz CT molecular complexity index is 576. The van der Waals surface area contributed by atoms with E-state index in [1.807, 2.05) is 31.2 Å². The van der Waals surface area contributed by atoms with Gasteiger partial charge in [-0.25, -0.2) is 0 Å². The number of halogens is 2. The number of fused-ring (bicyclic) bond motifs is 4. The molecule has 0 amide bonds. The number of aryl methyl sites for hydroxylation is 1. The summed E-state index contributed by atoms with van der Waals surface area (Å²) in [5, 5.41) is 0. The Balaban J connectivity index is 2.29. The van der Waals surface area contributed by atoms with Crippen LogP contribution < -0.4 is 5.46 Å². The average molecular weight is 214 g/mol. The van der Waals surface area contributed by atoms with Crippen molar-refractivity contribution in [3.63, 3.8) is 0 Å². The fourth-order valence-corrected chi connectivity index (χ4v) is 2.42. The second-order valence-electron chi connectivity index (χ2n) is 4.07. The zero-order chi connectivity index (χ0) is 11.3. The van der Waals surface area contributed by atoms with Crippen LogP contribution in [0.15, 0.2) is 36.4 Å². The van der Waals surface area contributed by atoms with E-state index in [0.29, 0.717) is 0 Å². The number of rotatable bonds is 1. The summed E-state index contributed by atoms with van der Waals surface area (Å²) in [6.45, 7) is 1.96. The van der Waals surface area contributed by atoms with Gasteiger partial charge in [0.2, 0.25) is 0 Å². The molecule has 0 nitrogen and oxygen atoms in total. The maximum absolute atomic E-state index is 12.9. The van der Waals surface area contributed by atoms with Crippen LogP contribution in [0.25, 0.3) is 22.3 Å². The molecule has 2 aromatic rings. The van der Waals surface area contributed by atoms with Gasteiger partial charge in [0.1, 0.15) is 0 Å². The summed E-state index contributed by atoms with van der Waals surface area (Å²) < 4.78 is 25.7. The van der Waals surface area contributed by atoms with E-state index in [9.17, 15) is 8.63 Å². The van der Waals surface area contributed by atoms with Crippen molar-refractivity contribution in [2.45, 2.75) is 6.92 Å². The second-order valence-corrected chi connectivity index (χ2v) is 4.07. The fourth-order valence-electron chi connectivity index (χ4n) is 2.42. The largest absolute Gasteiger partial charge is 0.572 e. The van der Waals surface area contributed by atoms with Gasteiger partial charge in [-0.3, -0.25) is 8.63 Å². The molecule has 0 aromatic heterocycles. The van der Waals surface area contributed by atoms with Crippen molar-refractivity contribution in [2.75, 3.05) is 0 Å². The minimum absolute atomic E-state index is 0.152. The van der Waals surface area contributed by atoms with E-state index in [1.165, 1.54) is 6.07 Å². The lowest BCUT2D eigenvalue weighted by atomic mass is 9.69. The molecule has 78 valence electrons. The van der Waals surface area contributed by atoms with Gasteiger partial charge in [-0.1, -0.05) is 36.4 Å². The lowest BCUT2D eigenvalue weighted by molar-refractivity contribution is 0.685. The molecule has 0 radical (unpaired) electrons. The molecule has 3 rings (SSSR count). The highest BCUT2D eigenvalue weighted by atomic mass is 19.2. The van der Waals surface area contributed by atoms with E-state index in [0.717, 1.165) is 27.8 Å². The smallest absolute Gasteiger partial charge is 0.281 e. The summed E-state index contributed by atoms with van der Waals surface area (Å²) >= 11 is 0. The lowest BCUT2D eigenvalue weighted by Gasteiger charge is -2.27. The first kappa shape index (κ1) is 9.58. The molecule has 1 aliphatic rings.